The van der Waals surface area contributed by atoms with E-state index < -0.39 is 42.5 Å². The van der Waals surface area contributed by atoms with Gasteiger partial charge < -0.3 is 40.3 Å². The molecular formula is C15H27NO7. The predicted octanol–water partition coefficient (Wildman–Crippen LogP) is -2.80. The highest BCUT2D eigenvalue weighted by atomic mass is 16.5. The summed E-state index contributed by atoms with van der Waals surface area (Å²) in [6.07, 6.45) is -4.03. The van der Waals surface area contributed by atoms with Gasteiger partial charge in [0.15, 0.2) is 0 Å². The number of hydrogen-bond acceptors (Lipinski definition) is 8. The summed E-state index contributed by atoms with van der Waals surface area (Å²) in [4.78, 5) is 0. The first-order valence-electron chi connectivity index (χ1n) is 8.21. The van der Waals surface area contributed by atoms with Crippen molar-refractivity contribution < 1.29 is 35.0 Å². The minimum absolute atomic E-state index is 0.150. The number of nitrogens with one attached hydrogen (secondary N) is 1. The van der Waals surface area contributed by atoms with E-state index in [0.29, 0.717) is 19.4 Å². The first-order valence-corrected chi connectivity index (χ1v) is 8.21. The Balaban J connectivity index is 1.69. The van der Waals surface area contributed by atoms with E-state index in [9.17, 15) is 25.5 Å². The summed E-state index contributed by atoms with van der Waals surface area (Å²) in [6, 6.07) is -0.633. The van der Waals surface area contributed by atoms with Crippen LogP contribution in [-0.4, -0.2) is 94.6 Å². The molecule has 1 saturated heterocycles. The topological polar surface area (TPSA) is 132 Å². The molecule has 8 heteroatoms. The molecule has 3 fully saturated rings. The van der Waals surface area contributed by atoms with Crippen LogP contribution < -0.4 is 5.32 Å². The molecule has 0 unspecified atom stereocenters. The Bertz CT molecular complexity index is 409. The molecule has 2 saturated carbocycles. The van der Waals surface area contributed by atoms with E-state index in [1.807, 2.05) is 0 Å². The predicted molar refractivity (Wildman–Crippen MR) is 78.6 cm³/mol. The molecule has 2 aliphatic carbocycles. The summed E-state index contributed by atoms with van der Waals surface area (Å²) in [5, 5.41) is 53.1. The van der Waals surface area contributed by atoms with Crippen molar-refractivity contribution in [1.29, 1.82) is 0 Å². The van der Waals surface area contributed by atoms with Crippen LogP contribution in [0.4, 0.5) is 0 Å². The highest BCUT2D eigenvalue weighted by molar-refractivity contribution is 5.05. The van der Waals surface area contributed by atoms with Crippen molar-refractivity contribution >= 4 is 0 Å². The van der Waals surface area contributed by atoms with E-state index in [1.54, 1.807) is 7.11 Å². The van der Waals surface area contributed by atoms with Gasteiger partial charge in [0.25, 0.3) is 0 Å². The fraction of sp³-hybridized carbons (Fsp3) is 1.00. The van der Waals surface area contributed by atoms with E-state index >= 15 is 0 Å². The molecule has 0 aromatic rings. The molecule has 1 aliphatic heterocycles. The van der Waals surface area contributed by atoms with Crippen LogP contribution in [-0.2, 0) is 9.47 Å². The minimum Gasteiger partial charge on any atom is -0.396 e. The van der Waals surface area contributed by atoms with E-state index in [2.05, 4.69) is 5.32 Å². The normalized spacial score (nSPS) is 53.5. The summed E-state index contributed by atoms with van der Waals surface area (Å²) in [5.74, 6) is -0.346. The average Bonchev–Trinajstić information content (AvgIpc) is 2.86. The molecule has 0 radical (unpaired) electrons. The number of hydrogen-bond donors (Lipinski definition) is 6. The fourth-order valence-electron chi connectivity index (χ4n) is 4.27. The summed E-state index contributed by atoms with van der Waals surface area (Å²) >= 11 is 0. The maximum atomic E-state index is 10.3. The highest BCUT2D eigenvalue weighted by Crippen LogP contribution is 2.37. The lowest BCUT2D eigenvalue weighted by Crippen LogP contribution is -2.64. The van der Waals surface area contributed by atoms with Crippen molar-refractivity contribution in [3.8, 4) is 0 Å². The lowest BCUT2D eigenvalue weighted by molar-refractivity contribution is -0.138. The SMILES string of the molecule is CO[C@@H]1C[C@H]2CO[C@@H]([C@H]1O)[C@@H]2N[C@@H]1C[C@H](CO)[C@H](O)[C@H](O)[C@H]1O. The van der Waals surface area contributed by atoms with E-state index in [-0.39, 0.29) is 24.7 Å². The first kappa shape index (κ1) is 17.5. The Labute approximate surface area is 135 Å². The zero-order valence-electron chi connectivity index (χ0n) is 13.2. The van der Waals surface area contributed by atoms with Gasteiger partial charge in [0.05, 0.1) is 24.9 Å². The van der Waals surface area contributed by atoms with Crippen LogP contribution in [0, 0.1) is 11.8 Å². The number of aliphatic hydroxyl groups is 5. The van der Waals surface area contributed by atoms with Crippen LogP contribution in [0.2, 0.25) is 0 Å². The summed E-state index contributed by atoms with van der Waals surface area (Å²) in [5.41, 5.74) is 0. The van der Waals surface area contributed by atoms with Crippen LogP contribution >= 0.6 is 0 Å². The summed E-state index contributed by atoms with van der Waals surface area (Å²) in [6.45, 7) is 0.252. The monoisotopic (exact) mass is 333 g/mol. The summed E-state index contributed by atoms with van der Waals surface area (Å²) in [7, 11) is 1.57. The molecule has 8 nitrogen and oxygen atoms in total. The number of fused-ring (bicyclic) bond motifs is 2. The number of rotatable bonds is 4. The molecule has 134 valence electrons. The number of aliphatic hydroxyl groups excluding tert-OH is 5. The van der Waals surface area contributed by atoms with Crippen molar-refractivity contribution in [2.75, 3.05) is 20.3 Å². The third-order valence-electron chi connectivity index (χ3n) is 5.71. The molecular weight excluding hydrogens is 306 g/mol. The Morgan fingerprint density at radius 2 is 1.78 bits per heavy atom. The van der Waals surface area contributed by atoms with E-state index in [4.69, 9.17) is 9.47 Å². The van der Waals surface area contributed by atoms with Crippen molar-refractivity contribution in [2.45, 2.75) is 61.5 Å². The van der Waals surface area contributed by atoms with Crippen LogP contribution in [0.3, 0.4) is 0 Å². The van der Waals surface area contributed by atoms with Gasteiger partial charge in [-0.2, -0.15) is 0 Å². The molecule has 0 amide bonds. The molecule has 1 heterocycles. The van der Waals surface area contributed by atoms with Gasteiger partial charge in [-0.05, 0) is 12.8 Å². The van der Waals surface area contributed by atoms with Gasteiger partial charge >= 0.3 is 0 Å². The second-order valence-corrected chi connectivity index (χ2v) is 7.01. The van der Waals surface area contributed by atoms with E-state index in [0.717, 1.165) is 0 Å². The maximum Gasteiger partial charge on any atom is 0.108 e. The van der Waals surface area contributed by atoms with E-state index in [1.165, 1.54) is 0 Å². The number of ether oxygens (including phenoxy) is 2. The molecule has 2 bridgehead atoms. The van der Waals surface area contributed by atoms with Gasteiger partial charge in [-0.1, -0.05) is 0 Å². The molecule has 0 spiro atoms. The third kappa shape index (κ3) is 3.03. The van der Waals surface area contributed by atoms with Crippen LogP contribution in [0.15, 0.2) is 0 Å². The third-order valence-corrected chi connectivity index (χ3v) is 5.71. The molecule has 3 rings (SSSR count). The maximum absolute atomic E-state index is 10.3. The zero-order chi connectivity index (χ0) is 16.7. The van der Waals surface area contributed by atoms with Crippen molar-refractivity contribution in [1.82, 2.24) is 5.32 Å². The standard InChI is InChI=1S/C15H27NO7/c1-22-9-3-7-5-23-15(13(9)20)10(7)16-8-2-6(4-17)11(18)14(21)12(8)19/h6-21H,2-5H2,1H3/t6-,7+,8-,9-,10-,11+,12+,13+,14+,15-/m1/s1. The fourth-order valence-corrected chi connectivity index (χ4v) is 4.27. The Kier molecular flexibility index (Phi) is 5.24. The second-order valence-electron chi connectivity index (χ2n) is 7.01. The van der Waals surface area contributed by atoms with Gasteiger partial charge in [-0.25, -0.2) is 0 Å². The zero-order valence-corrected chi connectivity index (χ0v) is 13.2. The van der Waals surface area contributed by atoms with Crippen molar-refractivity contribution in [2.24, 2.45) is 11.8 Å². The van der Waals surface area contributed by atoms with Crippen LogP contribution in [0.25, 0.3) is 0 Å². The lowest BCUT2D eigenvalue weighted by Gasteiger charge is -2.44. The molecule has 6 N–H and O–H groups in total. The van der Waals surface area contributed by atoms with Crippen LogP contribution in [0.5, 0.6) is 0 Å². The number of methoxy groups -OCH3 is 1. The van der Waals surface area contributed by atoms with Gasteiger partial charge in [0.2, 0.25) is 0 Å². The average molecular weight is 333 g/mol. The van der Waals surface area contributed by atoms with Gasteiger partial charge in [0, 0.05) is 37.6 Å². The van der Waals surface area contributed by atoms with Crippen molar-refractivity contribution in [3.05, 3.63) is 0 Å². The van der Waals surface area contributed by atoms with Crippen LogP contribution in [0.1, 0.15) is 12.8 Å². The quantitative estimate of drug-likeness (QED) is 0.325. The van der Waals surface area contributed by atoms with Crippen molar-refractivity contribution in [3.63, 3.8) is 0 Å². The molecule has 0 aromatic heterocycles. The summed E-state index contributed by atoms with van der Waals surface area (Å²) < 4.78 is 11.0. The largest absolute Gasteiger partial charge is 0.396 e. The first-order chi connectivity index (χ1) is 11.0. The Morgan fingerprint density at radius 3 is 2.43 bits per heavy atom. The van der Waals surface area contributed by atoms with Gasteiger partial charge in [-0.3, -0.25) is 0 Å². The molecule has 10 atom stereocenters. The smallest absolute Gasteiger partial charge is 0.108 e. The van der Waals surface area contributed by atoms with Gasteiger partial charge in [-0.15, -0.1) is 0 Å². The molecule has 0 aromatic carbocycles. The highest BCUT2D eigenvalue weighted by Gasteiger charge is 2.52. The molecule has 23 heavy (non-hydrogen) atoms. The lowest BCUT2D eigenvalue weighted by atomic mass is 9.77. The Hall–Kier alpha value is -0.320. The second kappa shape index (κ2) is 6.89. The van der Waals surface area contributed by atoms with Gasteiger partial charge in [0.1, 0.15) is 18.3 Å². The Morgan fingerprint density at radius 1 is 1.04 bits per heavy atom. The molecule has 3 aliphatic rings. The minimum atomic E-state index is -1.31.